The zero-order chi connectivity index (χ0) is 14.5. The molecular formula is C17H25NS2. The lowest BCUT2D eigenvalue weighted by molar-refractivity contribution is 0.539. The lowest BCUT2D eigenvalue weighted by Gasteiger charge is -2.16. The summed E-state index contributed by atoms with van der Waals surface area (Å²) in [5.74, 6) is 0. The van der Waals surface area contributed by atoms with Gasteiger partial charge in [0, 0.05) is 32.0 Å². The Hall–Kier alpha value is -0.640. The fourth-order valence-electron chi connectivity index (χ4n) is 2.29. The number of nitrogens with one attached hydrogen (secondary N) is 1. The highest BCUT2D eigenvalue weighted by Crippen LogP contribution is 2.30. The Kier molecular flexibility index (Phi) is 5.82. The second-order valence-electron chi connectivity index (χ2n) is 5.32. The highest BCUT2D eigenvalue weighted by molar-refractivity contribution is 7.12. The summed E-state index contributed by atoms with van der Waals surface area (Å²) < 4.78 is 0. The molecule has 110 valence electrons. The first-order chi connectivity index (χ1) is 9.63. The van der Waals surface area contributed by atoms with E-state index in [1.165, 1.54) is 31.5 Å². The van der Waals surface area contributed by atoms with E-state index in [1.807, 2.05) is 22.7 Å². The van der Waals surface area contributed by atoms with Crippen molar-refractivity contribution in [3.05, 3.63) is 43.3 Å². The topological polar surface area (TPSA) is 12.0 Å². The molecule has 0 aliphatic rings. The van der Waals surface area contributed by atoms with Gasteiger partial charge in [-0.3, -0.25) is 0 Å². The van der Waals surface area contributed by atoms with E-state index in [0.717, 1.165) is 19.4 Å². The average Bonchev–Trinajstić information content (AvgIpc) is 3.02. The summed E-state index contributed by atoms with van der Waals surface area (Å²) in [5, 5.41) is 3.72. The van der Waals surface area contributed by atoms with Crippen molar-refractivity contribution < 1.29 is 0 Å². The van der Waals surface area contributed by atoms with Gasteiger partial charge in [-0.05, 0) is 57.0 Å². The Labute approximate surface area is 131 Å². The van der Waals surface area contributed by atoms with Crippen LogP contribution in [0.1, 0.15) is 51.4 Å². The molecule has 2 aromatic heterocycles. The minimum absolute atomic E-state index is 0.468. The van der Waals surface area contributed by atoms with Crippen LogP contribution in [0.2, 0.25) is 0 Å². The second kappa shape index (κ2) is 7.39. The molecule has 1 N–H and O–H groups in total. The minimum Gasteiger partial charge on any atom is -0.309 e. The maximum Gasteiger partial charge on any atom is 0.0463 e. The fraction of sp³-hybridized carbons (Fsp3) is 0.529. The van der Waals surface area contributed by atoms with Crippen molar-refractivity contribution in [1.29, 1.82) is 0 Å². The summed E-state index contributed by atoms with van der Waals surface area (Å²) in [5.41, 5.74) is 1.42. The SMILES string of the molecule is CCCNC(Cc1ccc(CC)s1)c1cc(C)c(C)s1. The van der Waals surface area contributed by atoms with Crippen LogP contribution in [0.25, 0.3) is 0 Å². The maximum absolute atomic E-state index is 3.72. The van der Waals surface area contributed by atoms with E-state index in [4.69, 9.17) is 0 Å². The molecule has 0 aliphatic heterocycles. The van der Waals surface area contributed by atoms with E-state index < -0.39 is 0 Å². The number of hydrogen-bond donors (Lipinski definition) is 1. The zero-order valence-electron chi connectivity index (χ0n) is 13.0. The molecule has 1 unspecified atom stereocenters. The molecule has 1 atom stereocenters. The molecule has 0 bridgehead atoms. The molecule has 0 aliphatic carbocycles. The normalized spacial score (nSPS) is 12.8. The largest absolute Gasteiger partial charge is 0.309 e. The van der Waals surface area contributed by atoms with Gasteiger partial charge in [0.1, 0.15) is 0 Å². The van der Waals surface area contributed by atoms with Crippen LogP contribution in [-0.4, -0.2) is 6.54 Å². The van der Waals surface area contributed by atoms with Gasteiger partial charge in [0.15, 0.2) is 0 Å². The van der Waals surface area contributed by atoms with Crippen molar-refractivity contribution in [2.75, 3.05) is 6.54 Å². The molecule has 3 heteroatoms. The van der Waals surface area contributed by atoms with Crippen LogP contribution >= 0.6 is 22.7 Å². The fourth-order valence-corrected chi connectivity index (χ4v) is 4.41. The van der Waals surface area contributed by atoms with Gasteiger partial charge in [-0.25, -0.2) is 0 Å². The predicted octanol–water partition coefficient (Wildman–Crippen LogP) is 5.27. The molecule has 1 nitrogen and oxygen atoms in total. The third-order valence-electron chi connectivity index (χ3n) is 3.64. The van der Waals surface area contributed by atoms with Gasteiger partial charge in [0.2, 0.25) is 0 Å². The Bertz CT molecular complexity index is 519. The van der Waals surface area contributed by atoms with Gasteiger partial charge >= 0.3 is 0 Å². The molecule has 0 spiro atoms. The summed E-state index contributed by atoms with van der Waals surface area (Å²) >= 11 is 3.91. The molecule has 0 fully saturated rings. The van der Waals surface area contributed by atoms with Crippen LogP contribution in [0, 0.1) is 13.8 Å². The highest BCUT2D eigenvalue weighted by atomic mass is 32.1. The Morgan fingerprint density at radius 3 is 2.40 bits per heavy atom. The molecule has 20 heavy (non-hydrogen) atoms. The number of thiophene rings is 2. The maximum atomic E-state index is 3.72. The van der Waals surface area contributed by atoms with E-state index in [1.54, 1.807) is 0 Å². The van der Waals surface area contributed by atoms with E-state index in [2.05, 4.69) is 51.2 Å². The van der Waals surface area contributed by atoms with Crippen LogP contribution < -0.4 is 5.32 Å². The third-order valence-corrected chi connectivity index (χ3v) is 6.16. The van der Waals surface area contributed by atoms with Crippen molar-refractivity contribution in [2.45, 2.75) is 53.0 Å². The molecule has 0 saturated carbocycles. The van der Waals surface area contributed by atoms with Crippen molar-refractivity contribution in [2.24, 2.45) is 0 Å². The Balaban J connectivity index is 2.14. The first kappa shape index (κ1) is 15.7. The van der Waals surface area contributed by atoms with Gasteiger partial charge in [-0.1, -0.05) is 13.8 Å². The summed E-state index contributed by atoms with van der Waals surface area (Å²) in [6, 6.07) is 7.41. The standard InChI is InChI=1S/C17H25NS2/c1-5-9-18-16(17-10-12(3)13(4)19-17)11-15-8-7-14(6-2)20-15/h7-8,10,16,18H,5-6,9,11H2,1-4H3. The van der Waals surface area contributed by atoms with Crippen molar-refractivity contribution in [3.8, 4) is 0 Å². The Morgan fingerprint density at radius 1 is 1.10 bits per heavy atom. The quantitative estimate of drug-likeness (QED) is 0.734. The lowest BCUT2D eigenvalue weighted by Crippen LogP contribution is -2.23. The van der Waals surface area contributed by atoms with Gasteiger partial charge in [-0.15, -0.1) is 22.7 Å². The smallest absolute Gasteiger partial charge is 0.0463 e. The van der Waals surface area contributed by atoms with Crippen molar-refractivity contribution in [1.82, 2.24) is 5.32 Å². The van der Waals surface area contributed by atoms with E-state index in [-0.39, 0.29) is 0 Å². The summed E-state index contributed by atoms with van der Waals surface area (Å²) in [6.07, 6.45) is 3.45. The van der Waals surface area contributed by atoms with Crippen LogP contribution in [0.5, 0.6) is 0 Å². The van der Waals surface area contributed by atoms with Crippen LogP contribution in [-0.2, 0) is 12.8 Å². The van der Waals surface area contributed by atoms with Gasteiger partial charge < -0.3 is 5.32 Å². The lowest BCUT2D eigenvalue weighted by atomic mass is 10.1. The monoisotopic (exact) mass is 307 g/mol. The molecule has 2 heterocycles. The molecule has 2 rings (SSSR count). The van der Waals surface area contributed by atoms with Gasteiger partial charge in [0.05, 0.1) is 0 Å². The molecule has 0 aromatic carbocycles. The van der Waals surface area contributed by atoms with Gasteiger partial charge in [0.25, 0.3) is 0 Å². The Morgan fingerprint density at radius 2 is 1.85 bits per heavy atom. The third kappa shape index (κ3) is 3.94. The number of aryl methyl sites for hydroxylation is 3. The number of hydrogen-bond acceptors (Lipinski definition) is 3. The predicted molar refractivity (Wildman–Crippen MR) is 92.2 cm³/mol. The zero-order valence-corrected chi connectivity index (χ0v) is 14.6. The van der Waals surface area contributed by atoms with Crippen LogP contribution in [0.15, 0.2) is 18.2 Å². The van der Waals surface area contributed by atoms with E-state index in [9.17, 15) is 0 Å². The van der Waals surface area contributed by atoms with Crippen LogP contribution in [0.4, 0.5) is 0 Å². The van der Waals surface area contributed by atoms with Crippen molar-refractivity contribution in [3.63, 3.8) is 0 Å². The number of rotatable bonds is 7. The first-order valence-electron chi connectivity index (χ1n) is 7.52. The minimum atomic E-state index is 0.468. The highest BCUT2D eigenvalue weighted by Gasteiger charge is 2.16. The summed E-state index contributed by atoms with van der Waals surface area (Å²) in [7, 11) is 0. The summed E-state index contributed by atoms with van der Waals surface area (Å²) in [6.45, 7) is 9.99. The molecule has 2 aromatic rings. The molecular weight excluding hydrogens is 282 g/mol. The molecule has 0 radical (unpaired) electrons. The average molecular weight is 308 g/mol. The molecule has 0 amide bonds. The first-order valence-corrected chi connectivity index (χ1v) is 9.15. The van der Waals surface area contributed by atoms with E-state index in [0.29, 0.717) is 6.04 Å². The van der Waals surface area contributed by atoms with Gasteiger partial charge in [-0.2, -0.15) is 0 Å². The van der Waals surface area contributed by atoms with E-state index >= 15 is 0 Å². The van der Waals surface area contributed by atoms with Crippen molar-refractivity contribution >= 4 is 22.7 Å². The second-order valence-corrected chi connectivity index (χ2v) is 7.86. The summed E-state index contributed by atoms with van der Waals surface area (Å²) in [4.78, 5) is 5.93. The molecule has 0 saturated heterocycles. The van der Waals surface area contributed by atoms with Crippen LogP contribution in [0.3, 0.4) is 0 Å².